The van der Waals surface area contributed by atoms with Gasteiger partial charge in [-0.25, -0.2) is 5.43 Å². The number of methoxy groups -OCH3 is 1. The molecule has 0 aromatic heterocycles. The zero-order valence-corrected chi connectivity index (χ0v) is 19.2. The van der Waals surface area contributed by atoms with Gasteiger partial charge in [-0.2, -0.15) is 5.10 Å². The van der Waals surface area contributed by atoms with Crippen LogP contribution in [-0.4, -0.2) is 32.3 Å². The van der Waals surface area contributed by atoms with Crippen molar-refractivity contribution in [2.75, 3.05) is 25.1 Å². The summed E-state index contributed by atoms with van der Waals surface area (Å²) in [4.78, 5) is 14.7. The molecule has 1 aliphatic rings. The Kier molecular flexibility index (Phi) is 7.47. The number of nitrogens with one attached hydrogen (secondary N) is 1. The smallest absolute Gasteiger partial charge is 0.271 e. The lowest BCUT2D eigenvalue weighted by molar-refractivity contribution is 0.0955. The summed E-state index contributed by atoms with van der Waals surface area (Å²) >= 11 is 6.19. The van der Waals surface area contributed by atoms with Gasteiger partial charge in [0, 0.05) is 34.9 Å². The molecule has 1 amide bonds. The van der Waals surface area contributed by atoms with Gasteiger partial charge in [0.2, 0.25) is 0 Å². The average molecular weight is 464 g/mol. The molecule has 33 heavy (non-hydrogen) atoms. The molecule has 0 bridgehead atoms. The van der Waals surface area contributed by atoms with E-state index in [4.69, 9.17) is 21.1 Å². The summed E-state index contributed by atoms with van der Waals surface area (Å²) in [6.45, 7) is 2.47. The number of rotatable bonds is 8. The fourth-order valence-corrected chi connectivity index (χ4v) is 3.87. The monoisotopic (exact) mass is 463 g/mol. The molecule has 3 aromatic rings. The molecule has 3 aromatic carbocycles. The fraction of sp³-hybridized carbons (Fsp3) is 0.231. The Hall–Kier alpha value is -3.51. The van der Waals surface area contributed by atoms with Gasteiger partial charge in [-0.05, 0) is 66.9 Å². The van der Waals surface area contributed by atoms with Crippen molar-refractivity contribution in [3.05, 3.63) is 88.4 Å². The van der Waals surface area contributed by atoms with Crippen LogP contribution in [0.25, 0.3) is 0 Å². The Bertz CT molecular complexity index is 1130. The molecule has 0 aliphatic carbocycles. The lowest BCUT2D eigenvalue weighted by Gasteiger charge is -2.17. The van der Waals surface area contributed by atoms with Crippen molar-refractivity contribution >= 4 is 29.4 Å². The predicted molar refractivity (Wildman–Crippen MR) is 132 cm³/mol. The van der Waals surface area contributed by atoms with Crippen LogP contribution >= 0.6 is 11.6 Å². The Morgan fingerprint density at radius 1 is 1.06 bits per heavy atom. The third-order valence-corrected chi connectivity index (χ3v) is 5.88. The topological polar surface area (TPSA) is 63.2 Å². The van der Waals surface area contributed by atoms with Gasteiger partial charge in [-0.1, -0.05) is 29.8 Å². The molecule has 170 valence electrons. The molecule has 7 heteroatoms. The summed E-state index contributed by atoms with van der Waals surface area (Å²) in [6.07, 6.45) is 4.00. The minimum atomic E-state index is -0.258. The van der Waals surface area contributed by atoms with Gasteiger partial charge in [-0.3, -0.25) is 4.79 Å². The van der Waals surface area contributed by atoms with Gasteiger partial charge in [0.05, 0.1) is 13.3 Å². The molecule has 4 rings (SSSR count). The quantitative estimate of drug-likeness (QED) is 0.364. The molecule has 0 radical (unpaired) electrons. The number of benzene rings is 3. The maximum atomic E-state index is 12.4. The van der Waals surface area contributed by atoms with E-state index in [0.29, 0.717) is 28.7 Å². The van der Waals surface area contributed by atoms with Crippen molar-refractivity contribution in [2.45, 2.75) is 19.4 Å². The van der Waals surface area contributed by atoms with E-state index in [1.807, 2.05) is 54.6 Å². The number of carbonyl (C=O) groups is 1. The minimum Gasteiger partial charge on any atom is -0.493 e. The molecule has 1 heterocycles. The minimum absolute atomic E-state index is 0.258. The standard InChI is InChI=1S/C26H26ClN3O3/c1-32-25-16-19(8-13-24(25)33-18-21-6-2-3-7-23(21)27)17-28-29-26(31)20-9-11-22(12-10-20)30-14-4-5-15-30/h2-3,6-13,16-17H,4-5,14-15,18H2,1H3,(H,29,31)/b28-17-. The van der Waals surface area contributed by atoms with Crippen LogP contribution in [0.15, 0.2) is 71.8 Å². The summed E-state index contributed by atoms with van der Waals surface area (Å²) in [6, 6.07) is 20.6. The molecule has 0 spiro atoms. The number of hydrogen-bond donors (Lipinski definition) is 1. The summed E-state index contributed by atoms with van der Waals surface area (Å²) < 4.78 is 11.3. The fourth-order valence-electron chi connectivity index (χ4n) is 3.68. The first-order valence-corrected chi connectivity index (χ1v) is 11.2. The Morgan fingerprint density at radius 3 is 2.55 bits per heavy atom. The van der Waals surface area contributed by atoms with E-state index in [2.05, 4.69) is 15.4 Å². The van der Waals surface area contributed by atoms with Crippen LogP contribution < -0.4 is 19.8 Å². The molecule has 0 atom stereocenters. The van der Waals surface area contributed by atoms with Crippen LogP contribution in [0, 0.1) is 0 Å². The van der Waals surface area contributed by atoms with Crippen LogP contribution in [0.1, 0.15) is 34.3 Å². The largest absolute Gasteiger partial charge is 0.493 e. The van der Waals surface area contributed by atoms with Gasteiger partial charge < -0.3 is 14.4 Å². The maximum absolute atomic E-state index is 12.4. The highest BCUT2D eigenvalue weighted by Gasteiger charge is 2.13. The van der Waals surface area contributed by atoms with Crippen LogP contribution in [0.2, 0.25) is 5.02 Å². The van der Waals surface area contributed by atoms with E-state index in [-0.39, 0.29) is 5.91 Å². The highest BCUT2D eigenvalue weighted by atomic mass is 35.5. The Labute approximate surface area is 198 Å². The third-order valence-electron chi connectivity index (χ3n) is 5.51. The van der Waals surface area contributed by atoms with Crippen molar-refractivity contribution < 1.29 is 14.3 Å². The average Bonchev–Trinajstić information content (AvgIpc) is 3.39. The maximum Gasteiger partial charge on any atom is 0.271 e. The molecule has 0 saturated carbocycles. The van der Waals surface area contributed by atoms with E-state index in [1.165, 1.54) is 12.8 Å². The molecular formula is C26H26ClN3O3. The molecule has 1 N–H and O–H groups in total. The lowest BCUT2D eigenvalue weighted by atomic mass is 10.2. The van der Waals surface area contributed by atoms with Gasteiger partial charge in [0.15, 0.2) is 11.5 Å². The summed E-state index contributed by atoms with van der Waals surface area (Å²) in [5.74, 6) is 0.900. The molecular weight excluding hydrogens is 438 g/mol. The number of halogens is 1. The van der Waals surface area contributed by atoms with Crippen LogP contribution in [0.3, 0.4) is 0 Å². The van der Waals surface area contributed by atoms with Crippen LogP contribution in [-0.2, 0) is 6.61 Å². The first-order chi connectivity index (χ1) is 16.1. The number of anilines is 1. The molecule has 1 aliphatic heterocycles. The zero-order chi connectivity index (χ0) is 23.0. The van der Waals surface area contributed by atoms with Crippen molar-refractivity contribution in [3.8, 4) is 11.5 Å². The number of carbonyl (C=O) groups excluding carboxylic acids is 1. The van der Waals surface area contributed by atoms with Crippen molar-refractivity contribution in [1.82, 2.24) is 5.43 Å². The highest BCUT2D eigenvalue weighted by molar-refractivity contribution is 6.31. The second kappa shape index (κ2) is 10.9. The summed E-state index contributed by atoms with van der Waals surface area (Å²) in [5.41, 5.74) is 5.94. The summed E-state index contributed by atoms with van der Waals surface area (Å²) in [5, 5.41) is 4.73. The van der Waals surface area contributed by atoms with E-state index < -0.39 is 0 Å². The molecule has 6 nitrogen and oxygen atoms in total. The van der Waals surface area contributed by atoms with Crippen LogP contribution in [0.5, 0.6) is 11.5 Å². The number of hydrazone groups is 1. The SMILES string of the molecule is COc1cc(/C=N\NC(=O)c2ccc(N3CCCC3)cc2)ccc1OCc1ccccc1Cl. The van der Waals surface area contributed by atoms with Crippen molar-refractivity contribution in [2.24, 2.45) is 5.10 Å². The van der Waals surface area contributed by atoms with E-state index in [0.717, 1.165) is 29.9 Å². The van der Waals surface area contributed by atoms with Crippen molar-refractivity contribution in [1.29, 1.82) is 0 Å². The highest BCUT2D eigenvalue weighted by Crippen LogP contribution is 2.29. The third kappa shape index (κ3) is 5.84. The van der Waals surface area contributed by atoms with Gasteiger partial charge >= 0.3 is 0 Å². The first kappa shape index (κ1) is 22.7. The predicted octanol–water partition coefficient (Wildman–Crippen LogP) is 5.29. The Balaban J connectivity index is 1.34. The number of hydrogen-bond acceptors (Lipinski definition) is 5. The second-order valence-electron chi connectivity index (χ2n) is 7.73. The van der Waals surface area contributed by atoms with Gasteiger partial charge in [-0.15, -0.1) is 0 Å². The van der Waals surface area contributed by atoms with E-state index >= 15 is 0 Å². The lowest BCUT2D eigenvalue weighted by Crippen LogP contribution is -2.19. The Morgan fingerprint density at radius 2 is 1.82 bits per heavy atom. The zero-order valence-electron chi connectivity index (χ0n) is 18.5. The normalized spacial score (nSPS) is 13.3. The summed E-state index contributed by atoms with van der Waals surface area (Å²) in [7, 11) is 1.58. The molecule has 0 unspecified atom stereocenters. The number of amides is 1. The number of ether oxygens (including phenoxy) is 2. The molecule has 1 fully saturated rings. The van der Waals surface area contributed by atoms with Gasteiger partial charge in [0.1, 0.15) is 6.61 Å². The number of nitrogens with zero attached hydrogens (tertiary/aromatic N) is 2. The van der Waals surface area contributed by atoms with Gasteiger partial charge in [0.25, 0.3) is 5.91 Å². The van der Waals surface area contributed by atoms with Crippen molar-refractivity contribution in [3.63, 3.8) is 0 Å². The van der Waals surface area contributed by atoms with E-state index in [1.54, 1.807) is 25.5 Å². The van der Waals surface area contributed by atoms with E-state index in [9.17, 15) is 4.79 Å². The second-order valence-corrected chi connectivity index (χ2v) is 8.14. The first-order valence-electron chi connectivity index (χ1n) is 10.9. The van der Waals surface area contributed by atoms with Crippen LogP contribution in [0.4, 0.5) is 5.69 Å². The molecule has 1 saturated heterocycles.